The average molecular weight is 342 g/mol. The molecule has 0 spiro atoms. The van der Waals surface area contributed by atoms with Crippen molar-refractivity contribution < 1.29 is 9.47 Å². The third kappa shape index (κ3) is 4.03. The van der Waals surface area contributed by atoms with E-state index in [1.54, 1.807) is 7.11 Å². The van der Waals surface area contributed by atoms with Crippen LogP contribution in [0.5, 0.6) is 5.75 Å². The highest BCUT2D eigenvalue weighted by molar-refractivity contribution is 5.27. The van der Waals surface area contributed by atoms with Gasteiger partial charge >= 0.3 is 0 Å². The van der Waals surface area contributed by atoms with Crippen LogP contribution in [-0.4, -0.2) is 59.3 Å². The van der Waals surface area contributed by atoms with Crippen LogP contribution in [0, 0.1) is 0 Å². The van der Waals surface area contributed by atoms with E-state index in [1.807, 2.05) is 12.1 Å². The Morgan fingerprint density at radius 2 is 1.80 bits per heavy atom. The van der Waals surface area contributed by atoms with Gasteiger partial charge in [0.15, 0.2) is 0 Å². The van der Waals surface area contributed by atoms with Gasteiger partial charge in [0.1, 0.15) is 11.6 Å². The predicted molar refractivity (Wildman–Crippen MR) is 95.4 cm³/mol. The maximum absolute atomic E-state index is 5.42. The summed E-state index contributed by atoms with van der Waals surface area (Å²) >= 11 is 0. The molecule has 1 fully saturated rings. The van der Waals surface area contributed by atoms with E-state index in [2.05, 4.69) is 32.7 Å². The van der Waals surface area contributed by atoms with E-state index in [1.165, 1.54) is 17.1 Å². The second kappa shape index (κ2) is 7.56. The first-order valence-corrected chi connectivity index (χ1v) is 9.00. The first kappa shape index (κ1) is 16.6. The third-order valence-electron chi connectivity index (χ3n) is 4.99. The maximum Gasteiger partial charge on any atom is 0.123 e. The second-order valence-corrected chi connectivity index (χ2v) is 6.79. The van der Waals surface area contributed by atoms with Crippen LogP contribution < -0.4 is 4.74 Å². The van der Waals surface area contributed by atoms with Gasteiger partial charge in [0, 0.05) is 45.5 Å². The molecule has 6 heteroatoms. The Morgan fingerprint density at radius 1 is 1.00 bits per heavy atom. The number of imidazole rings is 1. The largest absolute Gasteiger partial charge is 0.497 e. The van der Waals surface area contributed by atoms with Gasteiger partial charge in [-0.25, -0.2) is 4.98 Å². The monoisotopic (exact) mass is 342 g/mol. The van der Waals surface area contributed by atoms with Crippen LogP contribution in [0.15, 0.2) is 30.5 Å². The standard InChI is InChI=1S/C19H26N4O2/c1-24-18-4-2-16(3-5-18)12-22-6-7-23-14-17(20-19(23)15-22)13-21-8-10-25-11-9-21/h2-5,14H,6-13,15H2,1H3. The molecule has 25 heavy (non-hydrogen) atoms. The number of rotatable bonds is 5. The van der Waals surface area contributed by atoms with E-state index in [9.17, 15) is 0 Å². The number of morpholine rings is 1. The van der Waals surface area contributed by atoms with Gasteiger partial charge in [-0.2, -0.15) is 0 Å². The first-order valence-electron chi connectivity index (χ1n) is 9.00. The van der Waals surface area contributed by atoms with Crippen LogP contribution in [0.4, 0.5) is 0 Å². The lowest BCUT2D eigenvalue weighted by Crippen LogP contribution is -2.35. The Labute approximate surface area is 149 Å². The zero-order valence-corrected chi connectivity index (χ0v) is 14.9. The number of hydrogen-bond acceptors (Lipinski definition) is 5. The molecule has 0 atom stereocenters. The van der Waals surface area contributed by atoms with Gasteiger partial charge in [-0.15, -0.1) is 0 Å². The van der Waals surface area contributed by atoms with Crippen molar-refractivity contribution in [2.75, 3.05) is 40.0 Å². The van der Waals surface area contributed by atoms with Crippen LogP contribution in [0.25, 0.3) is 0 Å². The molecule has 0 N–H and O–H groups in total. The molecule has 2 aromatic rings. The van der Waals surface area contributed by atoms with Crippen molar-refractivity contribution in [3.05, 3.63) is 47.5 Å². The van der Waals surface area contributed by atoms with Gasteiger partial charge < -0.3 is 14.0 Å². The van der Waals surface area contributed by atoms with Crippen molar-refractivity contribution in [2.24, 2.45) is 0 Å². The Morgan fingerprint density at radius 3 is 2.56 bits per heavy atom. The molecule has 6 nitrogen and oxygen atoms in total. The minimum Gasteiger partial charge on any atom is -0.497 e. The molecule has 0 bridgehead atoms. The van der Waals surface area contributed by atoms with Crippen molar-refractivity contribution in [1.82, 2.24) is 19.4 Å². The number of benzene rings is 1. The number of nitrogens with zero attached hydrogens (tertiary/aromatic N) is 4. The average Bonchev–Trinajstić information content (AvgIpc) is 3.04. The summed E-state index contributed by atoms with van der Waals surface area (Å²) in [5.74, 6) is 2.09. The highest BCUT2D eigenvalue weighted by Crippen LogP contribution is 2.18. The Kier molecular flexibility index (Phi) is 5.01. The molecule has 134 valence electrons. The van der Waals surface area contributed by atoms with Gasteiger partial charge in [-0.3, -0.25) is 9.80 Å². The lowest BCUT2D eigenvalue weighted by Gasteiger charge is -2.27. The van der Waals surface area contributed by atoms with E-state index >= 15 is 0 Å². The van der Waals surface area contributed by atoms with Crippen LogP contribution in [-0.2, 0) is 30.9 Å². The van der Waals surface area contributed by atoms with Crippen molar-refractivity contribution in [2.45, 2.75) is 26.2 Å². The van der Waals surface area contributed by atoms with E-state index in [4.69, 9.17) is 14.5 Å². The van der Waals surface area contributed by atoms with Crippen molar-refractivity contribution in [3.63, 3.8) is 0 Å². The molecule has 0 radical (unpaired) electrons. The summed E-state index contributed by atoms with van der Waals surface area (Å²) in [5.41, 5.74) is 2.50. The van der Waals surface area contributed by atoms with E-state index in [0.717, 1.165) is 64.8 Å². The Bertz CT molecular complexity index is 692. The van der Waals surface area contributed by atoms with Crippen molar-refractivity contribution in [3.8, 4) is 5.75 Å². The molecule has 1 saturated heterocycles. The fourth-order valence-electron chi connectivity index (χ4n) is 3.55. The number of hydrogen-bond donors (Lipinski definition) is 0. The number of methoxy groups -OCH3 is 1. The number of aromatic nitrogens is 2. The number of fused-ring (bicyclic) bond motifs is 1. The molecule has 2 aliphatic heterocycles. The fraction of sp³-hybridized carbons (Fsp3) is 0.526. The first-order chi connectivity index (χ1) is 12.3. The molecule has 0 aliphatic carbocycles. The summed E-state index contributed by atoms with van der Waals surface area (Å²) in [4.78, 5) is 9.77. The maximum atomic E-state index is 5.42. The zero-order chi connectivity index (χ0) is 17.1. The van der Waals surface area contributed by atoms with Gasteiger partial charge in [-0.1, -0.05) is 12.1 Å². The summed E-state index contributed by atoms with van der Waals surface area (Å²) in [6.07, 6.45) is 2.23. The van der Waals surface area contributed by atoms with E-state index in [0.29, 0.717) is 0 Å². The summed E-state index contributed by atoms with van der Waals surface area (Å²) in [7, 11) is 1.70. The fourth-order valence-corrected chi connectivity index (χ4v) is 3.55. The summed E-state index contributed by atoms with van der Waals surface area (Å²) in [6.45, 7) is 8.56. The second-order valence-electron chi connectivity index (χ2n) is 6.79. The van der Waals surface area contributed by atoms with Crippen LogP contribution in [0.3, 0.4) is 0 Å². The molecule has 0 saturated carbocycles. The van der Waals surface area contributed by atoms with Gasteiger partial charge in [0.25, 0.3) is 0 Å². The van der Waals surface area contributed by atoms with Gasteiger partial charge in [0.05, 0.1) is 32.6 Å². The molecular formula is C19H26N4O2. The Hall–Kier alpha value is -1.89. The third-order valence-corrected chi connectivity index (χ3v) is 4.99. The van der Waals surface area contributed by atoms with Crippen molar-refractivity contribution >= 4 is 0 Å². The van der Waals surface area contributed by atoms with E-state index < -0.39 is 0 Å². The van der Waals surface area contributed by atoms with E-state index in [-0.39, 0.29) is 0 Å². The summed E-state index contributed by atoms with van der Waals surface area (Å²) in [6, 6.07) is 8.34. The van der Waals surface area contributed by atoms with Gasteiger partial charge in [-0.05, 0) is 17.7 Å². The molecule has 1 aromatic carbocycles. The highest BCUT2D eigenvalue weighted by Gasteiger charge is 2.20. The Balaban J connectivity index is 1.37. The quantitative estimate of drug-likeness (QED) is 0.828. The predicted octanol–water partition coefficient (Wildman–Crippen LogP) is 1.74. The lowest BCUT2D eigenvalue weighted by atomic mass is 10.2. The topological polar surface area (TPSA) is 42.8 Å². The zero-order valence-electron chi connectivity index (χ0n) is 14.9. The highest BCUT2D eigenvalue weighted by atomic mass is 16.5. The number of ether oxygens (including phenoxy) is 2. The van der Waals surface area contributed by atoms with Crippen LogP contribution in [0.1, 0.15) is 17.1 Å². The van der Waals surface area contributed by atoms with Crippen LogP contribution >= 0.6 is 0 Å². The molecule has 0 amide bonds. The molecule has 1 aromatic heterocycles. The minimum atomic E-state index is 0.837. The molecule has 0 unspecified atom stereocenters. The van der Waals surface area contributed by atoms with Crippen molar-refractivity contribution in [1.29, 1.82) is 0 Å². The lowest BCUT2D eigenvalue weighted by molar-refractivity contribution is 0.0337. The molecule has 3 heterocycles. The molecular weight excluding hydrogens is 316 g/mol. The minimum absolute atomic E-state index is 0.837. The van der Waals surface area contributed by atoms with Crippen LogP contribution in [0.2, 0.25) is 0 Å². The SMILES string of the molecule is COc1ccc(CN2CCn3cc(CN4CCOCC4)nc3C2)cc1. The van der Waals surface area contributed by atoms with Gasteiger partial charge in [0.2, 0.25) is 0 Å². The molecule has 4 rings (SSSR count). The summed E-state index contributed by atoms with van der Waals surface area (Å²) in [5, 5.41) is 0. The summed E-state index contributed by atoms with van der Waals surface area (Å²) < 4.78 is 13.0. The smallest absolute Gasteiger partial charge is 0.123 e. The molecule has 2 aliphatic rings. The normalized spacial score (nSPS) is 18.9.